The highest BCUT2D eigenvalue weighted by Crippen LogP contribution is 2.34. The van der Waals surface area contributed by atoms with E-state index in [1.807, 2.05) is 0 Å². The molecule has 148 valence electrons. The van der Waals surface area contributed by atoms with Crippen LogP contribution in [0.4, 0.5) is 16.2 Å². The van der Waals surface area contributed by atoms with Gasteiger partial charge in [-0.05, 0) is 36.4 Å². The lowest BCUT2D eigenvalue weighted by Crippen LogP contribution is -2.39. The van der Waals surface area contributed by atoms with Gasteiger partial charge in [0.15, 0.2) is 0 Å². The second-order valence-electron chi connectivity index (χ2n) is 5.34. The number of carbonyl (C=O) groups excluding carboxylic acids is 3. The number of urea groups is 1. The van der Waals surface area contributed by atoms with Gasteiger partial charge >= 0.3 is 6.03 Å². The van der Waals surface area contributed by atoms with Crippen LogP contribution in [0.2, 0.25) is 15.1 Å². The van der Waals surface area contributed by atoms with Gasteiger partial charge in [0.1, 0.15) is 4.83 Å². The average Bonchev–Trinajstić information content (AvgIpc) is 2.64. The zero-order valence-corrected chi connectivity index (χ0v) is 19.3. The number of hydrogen-bond acceptors (Lipinski definition) is 3. The number of alkyl halides is 2. The summed E-state index contributed by atoms with van der Waals surface area (Å²) in [5, 5.41) is 8.27. The fraction of sp³-hybridized carbons (Fsp3) is 0.118. The topological polar surface area (TPSA) is 87.3 Å². The Kier molecular flexibility index (Phi) is 8.57. The third kappa shape index (κ3) is 6.35. The van der Waals surface area contributed by atoms with Gasteiger partial charge < -0.3 is 10.6 Å². The number of benzene rings is 2. The molecular formula is C17H12Br2Cl3N3O3. The van der Waals surface area contributed by atoms with E-state index in [0.29, 0.717) is 15.9 Å². The molecule has 0 aliphatic heterocycles. The predicted octanol–water partition coefficient (Wildman–Crippen LogP) is 5.71. The minimum atomic E-state index is -0.750. The zero-order chi connectivity index (χ0) is 20.8. The van der Waals surface area contributed by atoms with E-state index in [0.717, 1.165) is 0 Å². The van der Waals surface area contributed by atoms with E-state index in [2.05, 4.69) is 47.8 Å². The highest BCUT2D eigenvalue weighted by atomic mass is 79.9. The van der Waals surface area contributed by atoms with Gasteiger partial charge in [0, 0.05) is 21.6 Å². The number of rotatable bonds is 5. The summed E-state index contributed by atoms with van der Waals surface area (Å²) < 4.78 is 0. The van der Waals surface area contributed by atoms with E-state index in [4.69, 9.17) is 34.8 Å². The molecule has 0 bridgehead atoms. The number of amides is 4. The molecule has 28 heavy (non-hydrogen) atoms. The van der Waals surface area contributed by atoms with Crippen LogP contribution in [0.15, 0.2) is 36.4 Å². The first-order valence-electron chi connectivity index (χ1n) is 7.59. The maximum absolute atomic E-state index is 12.3. The second kappa shape index (κ2) is 10.5. The van der Waals surface area contributed by atoms with Crippen LogP contribution in [0, 0.1) is 0 Å². The third-order valence-electron chi connectivity index (χ3n) is 3.30. The molecule has 4 amide bonds. The van der Waals surface area contributed by atoms with Crippen molar-refractivity contribution < 1.29 is 14.4 Å². The van der Waals surface area contributed by atoms with Crippen molar-refractivity contribution in [1.29, 1.82) is 0 Å². The van der Waals surface area contributed by atoms with Crippen LogP contribution in [0.3, 0.4) is 0 Å². The van der Waals surface area contributed by atoms with E-state index in [1.165, 1.54) is 12.1 Å². The van der Waals surface area contributed by atoms with Crippen molar-refractivity contribution in [1.82, 2.24) is 5.32 Å². The van der Waals surface area contributed by atoms with Gasteiger partial charge in [-0.25, -0.2) is 4.79 Å². The molecule has 2 aromatic rings. The van der Waals surface area contributed by atoms with Crippen molar-refractivity contribution in [2.75, 3.05) is 16.0 Å². The summed E-state index contributed by atoms with van der Waals surface area (Å²) in [4.78, 5) is 35.3. The smallest absolute Gasteiger partial charge is 0.319 e. The Morgan fingerprint density at radius 2 is 1.54 bits per heavy atom. The molecule has 3 N–H and O–H groups in total. The number of hydrogen-bond donors (Lipinski definition) is 3. The van der Waals surface area contributed by atoms with Crippen molar-refractivity contribution in [2.24, 2.45) is 0 Å². The van der Waals surface area contributed by atoms with Crippen molar-refractivity contribution in [2.45, 2.75) is 4.83 Å². The van der Waals surface area contributed by atoms with Crippen molar-refractivity contribution >= 4 is 95.9 Å². The number of imide groups is 1. The molecule has 0 saturated heterocycles. The van der Waals surface area contributed by atoms with Gasteiger partial charge in [0.25, 0.3) is 5.91 Å². The molecule has 0 aromatic heterocycles. The Morgan fingerprint density at radius 1 is 0.964 bits per heavy atom. The lowest BCUT2D eigenvalue weighted by Gasteiger charge is -2.13. The molecule has 0 saturated carbocycles. The lowest BCUT2D eigenvalue weighted by atomic mass is 10.2. The Bertz CT molecular complexity index is 887. The number of nitrogens with one attached hydrogen (secondary N) is 3. The Hall–Kier alpha value is -1.32. The summed E-state index contributed by atoms with van der Waals surface area (Å²) in [6, 6.07) is 8.32. The van der Waals surface area contributed by atoms with Crippen molar-refractivity contribution in [3.63, 3.8) is 0 Å². The zero-order valence-electron chi connectivity index (χ0n) is 13.9. The van der Waals surface area contributed by atoms with Crippen LogP contribution < -0.4 is 16.0 Å². The van der Waals surface area contributed by atoms with Crippen molar-refractivity contribution in [3.05, 3.63) is 57.0 Å². The number of anilines is 2. The van der Waals surface area contributed by atoms with E-state index in [-0.39, 0.29) is 21.4 Å². The molecule has 1 atom stereocenters. The molecule has 11 heteroatoms. The van der Waals surface area contributed by atoms with Gasteiger partial charge in [-0.15, -0.1) is 0 Å². The highest BCUT2D eigenvalue weighted by Gasteiger charge is 2.18. The largest absolute Gasteiger partial charge is 0.325 e. The van der Waals surface area contributed by atoms with E-state index >= 15 is 0 Å². The van der Waals surface area contributed by atoms with Gasteiger partial charge in [-0.1, -0.05) is 66.7 Å². The fourth-order valence-corrected chi connectivity index (χ4v) is 3.09. The molecule has 0 spiro atoms. The SMILES string of the molecule is O=C(NC(=O)C(Br)CBr)Nc1cc(Cl)c(NC(=O)c2ccc(Cl)cc2)c(Cl)c1. The second-order valence-corrected chi connectivity index (χ2v) is 8.34. The summed E-state index contributed by atoms with van der Waals surface area (Å²) in [5.41, 5.74) is 0.799. The quantitative estimate of drug-likeness (QED) is 0.402. The molecule has 0 fully saturated rings. The first kappa shape index (κ1) is 23.0. The highest BCUT2D eigenvalue weighted by molar-refractivity contribution is 9.12. The summed E-state index contributed by atoms with van der Waals surface area (Å²) in [6.07, 6.45) is 0. The molecule has 2 rings (SSSR count). The van der Waals surface area contributed by atoms with Gasteiger partial charge in [0.05, 0.1) is 15.7 Å². The monoisotopic (exact) mass is 569 g/mol. The maximum atomic E-state index is 12.3. The Balaban J connectivity index is 2.09. The molecule has 0 radical (unpaired) electrons. The van der Waals surface area contributed by atoms with Crippen LogP contribution in [0.25, 0.3) is 0 Å². The maximum Gasteiger partial charge on any atom is 0.325 e. The van der Waals surface area contributed by atoms with Crippen LogP contribution >= 0.6 is 66.7 Å². The fourth-order valence-electron chi connectivity index (χ4n) is 1.97. The summed E-state index contributed by atoms with van der Waals surface area (Å²) in [5.74, 6) is -0.943. The molecule has 1 unspecified atom stereocenters. The predicted molar refractivity (Wildman–Crippen MR) is 120 cm³/mol. The number of halogens is 5. The number of carbonyl (C=O) groups is 3. The summed E-state index contributed by atoms with van der Waals surface area (Å²) >= 11 is 24.4. The molecule has 0 aliphatic carbocycles. The normalized spacial score (nSPS) is 11.5. The third-order valence-corrected chi connectivity index (χ3v) is 6.41. The van der Waals surface area contributed by atoms with E-state index in [1.54, 1.807) is 24.3 Å². The molecule has 2 aromatic carbocycles. The molecule has 6 nitrogen and oxygen atoms in total. The molecule has 0 aliphatic rings. The standard InChI is InChI=1S/C17H12Br2Cl3N3O3/c18-7-11(19)16(27)25-17(28)23-10-5-12(21)14(13(22)6-10)24-15(26)8-1-3-9(20)4-2-8/h1-6,11H,7H2,(H,24,26)(H2,23,25,27,28). The first-order valence-corrected chi connectivity index (χ1v) is 10.8. The van der Waals surface area contributed by atoms with Crippen LogP contribution in [-0.4, -0.2) is 28.0 Å². The van der Waals surface area contributed by atoms with Gasteiger partial charge in [0.2, 0.25) is 5.91 Å². The van der Waals surface area contributed by atoms with Crippen LogP contribution in [0.1, 0.15) is 10.4 Å². The Morgan fingerprint density at radius 3 is 2.07 bits per heavy atom. The minimum Gasteiger partial charge on any atom is -0.319 e. The lowest BCUT2D eigenvalue weighted by molar-refractivity contribution is -0.118. The first-order chi connectivity index (χ1) is 13.2. The van der Waals surface area contributed by atoms with E-state index in [9.17, 15) is 14.4 Å². The van der Waals surface area contributed by atoms with Crippen LogP contribution in [-0.2, 0) is 4.79 Å². The Labute approximate surface area is 192 Å². The van der Waals surface area contributed by atoms with Gasteiger partial charge in [-0.2, -0.15) is 0 Å². The van der Waals surface area contributed by atoms with Crippen LogP contribution in [0.5, 0.6) is 0 Å². The summed E-state index contributed by atoms with van der Waals surface area (Å²) in [6.45, 7) is 0. The summed E-state index contributed by atoms with van der Waals surface area (Å²) in [7, 11) is 0. The van der Waals surface area contributed by atoms with E-state index < -0.39 is 22.7 Å². The minimum absolute atomic E-state index is 0.107. The van der Waals surface area contributed by atoms with Crippen molar-refractivity contribution in [3.8, 4) is 0 Å². The molecular weight excluding hydrogens is 560 g/mol. The van der Waals surface area contributed by atoms with Gasteiger partial charge in [-0.3, -0.25) is 14.9 Å². The molecule has 0 heterocycles. The average molecular weight is 572 g/mol.